The van der Waals surface area contributed by atoms with Crippen molar-refractivity contribution in [3.63, 3.8) is 0 Å². The monoisotopic (exact) mass is 368 g/mol. The molecule has 134 valence electrons. The summed E-state index contributed by atoms with van der Waals surface area (Å²) in [4.78, 5) is 15.8. The van der Waals surface area contributed by atoms with Gasteiger partial charge >= 0.3 is 0 Å². The van der Waals surface area contributed by atoms with E-state index >= 15 is 0 Å². The van der Waals surface area contributed by atoms with Gasteiger partial charge in [0.1, 0.15) is 24.0 Å². The minimum absolute atomic E-state index is 0.0332. The Hall–Kier alpha value is -2.30. The van der Waals surface area contributed by atoms with E-state index in [1.165, 1.54) is 0 Å². The molecule has 1 amide bonds. The quantitative estimate of drug-likeness (QED) is 0.211. The van der Waals surface area contributed by atoms with Gasteiger partial charge in [0.2, 0.25) is 5.96 Å². The van der Waals surface area contributed by atoms with Crippen LogP contribution in [0.3, 0.4) is 0 Å². The highest BCUT2D eigenvalue weighted by Gasteiger charge is 2.23. The van der Waals surface area contributed by atoms with Crippen LogP contribution in [-0.4, -0.2) is 63.4 Å². The molecule has 0 aromatic heterocycles. The minimum Gasteiger partial charge on any atom is -0.394 e. The van der Waals surface area contributed by atoms with Gasteiger partial charge in [0.25, 0.3) is 5.91 Å². The Balaban J connectivity index is 1.98. The Morgan fingerprint density at radius 3 is 2.60 bits per heavy atom. The number of aliphatic imine (C=N–C) groups is 1. The van der Waals surface area contributed by atoms with Crippen molar-refractivity contribution in [3.05, 3.63) is 40.5 Å². The van der Waals surface area contributed by atoms with Gasteiger partial charge in [-0.1, -0.05) is 23.7 Å². The van der Waals surface area contributed by atoms with Crippen LogP contribution in [0.5, 0.6) is 0 Å². The predicted octanol–water partition coefficient (Wildman–Crippen LogP) is -1.18. The van der Waals surface area contributed by atoms with Crippen LogP contribution in [0, 0.1) is 0 Å². The lowest BCUT2D eigenvalue weighted by Gasteiger charge is -2.17. The van der Waals surface area contributed by atoms with E-state index in [0.717, 1.165) is 11.8 Å². The predicted molar refractivity (Wildman–Crippen MR) is 91.7 cm³/mol. The third-order valence-electron chi connectivity index (χ3n) is 3.20. The lowest BCUT2D eigenvalue weighted by Crippen LogP contribution is -2.41. The number of hydrogen-bond donors (Lipinski definition) is 6. The van der Waals surface area contributed by atoms with Crippen LogP contribution in [-0.2, 0) is 4.79 Å². The van der Waals surface area contributed by atoms with Crippen LogP contribution in [0.4, 0.5) is 0 Å². The maximum Gasteiger partial charge on any atom is 0.276 e. The number of aliphatic hydroxyl groups is 4. The lowest BCUT2D eigenvalue weighted by atomic mass is 10.1. The van der Waals surface area contributed by atoms with E-state index in [4.69, 9.17) is 16.7 Å². The molecule has 0 saturated carbocycles. The molecule has 1 heterocycles. The second kappa shape index (κ2) is 8.70. The Bertz CT molecular complexity index is 704. The average molecular weight is 369 g/mol. The number of carbonyl (C=O) groups excluding carboxylic acids is 1. The van der Waals surface area contributed by atoms with Gasteiger partial charge in [-0.3, -0.25) is 10.1 Å². The fraction of sp³-hybridized carbons (Fsp3) is 0.267. The van der Waals surface area contributed by atoms with Gasteiger partial charge in [-0.15, -0.1) is 0 Å². The van der Waals surface area contributed by atoms with E-state index < -0.39 is 30.8 Å². The smallest absolute Gasteiger partial charge is 0.276 e. The fourth-order valence-electron chi connectivity index (χ4n) is 1.84. The van der Waals surface area contributed by atoms with Crippen molar-refractivity contribution in [2.75, 3.05) is 6.61 Å². The zero-order valence-electron chi connectivity index (χ0n) is 12.9. The summed E-state index contributed by atoms with van der Waals surface area (Å²) >= 11 is 5.79. The minimum atomic E-state index is -1.60. The van der Waals surface area contributed by atoms with E-state index in [-0.39, 0.29) is 11.7 Å². The average Bonchev–Trinajstić information content (AvgIpc) is 2.94. The molecule has 1 aromatic rings. The first-order valence-corrected chi connectivity index (χ1v) is 7.60. The number of halogens is 1. The number of guanidine groups is 1. The second-order valence-corrected chi connectivity index (χ2v) is 5.55. The van der Waals surface area contributed by atoms with Crippen molar-refractivity contribution in [2.45, 2.75) is 18.3 Å². The van der Waals surface area contributed by atoms with Gasteiger partial charge in [-0.05, 0) is 23.8 Å². The standard InChI is InChI=1S/C15H17ClN4O5/c16-9-3-1-8(2-4-9)5-10-14(25)19-15(18-10)20-17-6-11(22)13(24)12(23)7-21/h1-6,11-13,21-24H,7H2,(H2,18,19,20,25)/b10-5-,17-6+. The molecule has 0 bridgehead atoms. The van der Waals surface area contributed by atoms with Crippen molar-refractivity contribution >= 4 is 35.8 Å². The zero-order chi connectivity index (χ0) is 18.4. The summed E-state index contributed by atoms with van der Waals surface area (Å²) in [6.07, 6.45) is -2.16. The summed E-state index contributed by atoms with van der Waals surface area (Å²) in [5.74, 6) is -0.408. The largest absolute Gasteiger partial charge is 0.394 e. The number of hydrazone groups is 1. The van der Waals surface area contributed by atoms with Crippen LogP contribution < -0.4 is 10.7 Å². The van der Waals surface area contributed by atoms with Crippen LogP contribution in [0.1, 0.15) is 5.56 Å². The number of carbonyl (C=O) groups is 1. The van der Waals surface area contributed by atoms with E-state index in [1.54, 1.807) is 30.3 Å². The highest BCUT2D eigenvalue weighted by molar-refractivity contribution is 6.30. The first-order valence-electron chi connectivity index (χ1n) is 7.22. The summed E-state index contributed by atoms with van der Waals surface area (Å²) in [5, 5.41) is 43.5. The van der Waals surface area contributed by atoms with Crippen LogP contribution in [0.25, 0.3) is 6.08 Å². The van der Waals surface area contributed by atoms with Crippen LogP contribution in [0.2, 0.25) is 5.02 Å². The fourth-order valence-corrected chi connectivity index (χ4v) is 1.96. The Labute approximate surface area is 148 Å². The lowest BCUT2D eigenvalue weighted by molar-refractivity contribution is -0.115. The molecule has 25 heavy (non-hydrogen) atoms. The molecule has 1 aliphatic rings. The normalized spacial score (nSPS) is 19.6. The van der Waals surface area contributed by atoms with Gasteiger partial charge in [-0.25, -0.2) is 10.4 Å². The molecule has 9 nitrogen and oxygen atoms in total. The number of benzene rings is 1. The zero-order valence-corrected chi connectivity index (χ0v) is 13.6. The molecule has 0 fully saturated rings. The van der Waals surface area contributed by atoms with Crippen molar-refractivity contribution in [2.24, 2.45) is 10.1 Å². The Morgan fingerprint density at radius 2 is 1.96 bits per heavy atom. The van der Waals surface area contributed by atoms with Gasteiger partial charge in [0, 0.05) is 5.02 Å². The number of nitrogens with zero attached hydrogens (tertiary/aromatic N) is 2. The maximum absolute atomic E-state index is 11.8. The van der Waals surface area contributed by atoms with Crippen molar-refractivity contribution in [1.29, 1.82) is 0 Å². The molecule has 6 N–H and O–H groups in total. The summed E-state index contributed by atoms with van der Waals surface area (Å²) < 4.78 is 0. The van der Waals surface area contributed by atoms with Gasteiger partial charge in [-0.2, -0.15) is 5.10 Å². The first-order chi connectivity index (χ1) is 11.9. The molecule has 1 aromatic carbocycles. The molecule has 1 aliphatic heterocycles. The third kappa shape index (κ3) is 5.34. The van der Waals surface area contributed by atoms with Gasteiger partial charge in [0.15, 0.2) is 0 Å². The Kier molecular flexibility index (Phi) is 6.62. The molecule has 2 rings (SSSR count). The molecule has 0 radical (unpaired) electrons. The number of amides is 1. The Morgan fingerprint density at radius 1 is 1.28 bits per heavy atom. The number of rotatable bonds is 6. The van der Waals surface area contributed by atoms with E-state index in [2.05, 4.69) is 20.8 Å². The van der Waals surface area contributed by atoms with E-state index in [0.29, 0.717) is 5.02 Å². The summed E-state index contributed by atoms with van der Waals surface area (Å²) in [7, 11) is 0. The summed E-state index contributed by atoms with van der Waals surface area (Å²) in [6.45, 7) is -0.707. The maximum atomic E-state index is 11.8. The van der Waals surface area contributed by atoms with Crippen molar-refractivity contribution in [1.82, 2.24) is 10.7 Å². The van der Waals surface area contributed by atoms with E-state index in [1.807, 2.05) is 0 Å². The number of nitrogens with one attached hydrogen (secondary N) is 2. The topological polar surface area (TPSA) is 147 Å². The van der Waals surface area contributed by atoms with Crippen LogP contribution >= 0.6 is 11.6 Å². The van der Waals surface area contributed by atoms with Gasteiger partial charge < -0.3 is 20.4 Å². The molecule has 0 saturated heterocycles. The summed E-state index contributed by atoms with van der Waals surface area (Å²) in [5.41, 5.74) is 3.28. The molecule has 0 aliphatic carbocycles. The van der Waals surface area contributed by atoms with Crippen molar-refractivity contribution in [3.8, 4) is 0 Å². The molecule has 10 heteroatoms. The van der Waals surface area contributed by atoms with Crippen LogP contribution in [0.15, 0.2) is 40.1 Å². The SMILES string of the molecule is O=C1NC(N/N=C/C(O)C(O)C(O)CO)=N/C1=C\c1ccc(Cl)cc1. The first kappa shape index (κ1) is 19.0. The molecular formula is C15H17ClN4O5. The van der Waals surface area contributed by atoms with Crippen molar-refractivity contribution < 1.29 is 25.2 Å². The highest BCUT2D eigenvalue weighted by atomic mass is 35.5. The van der Waals surface area contributed by atoms with Gasteiger partial charge in [0.05, 0.1) is 12.8 Å². The summed E-state index contributed by atoms with van der Waals surface area (Å²) in [6, 6.07) is 6.82. The number of hydrogen-bond acceptors (Lipinski definition) is 8. The molecule has 0 spiro atoms. The molecule has 3 unspecified atom stereocenters. The molecule has 3 atom stereocenters. The van der Waals surface area contributed by atoms with E-state index in [9.17, 15) is 20.1 Å². The number of aliphatic hydroxyl groups excluding tert-OH is 4. The third-order valence-corrected chi connectivity index (χ3v) is 3.45. The highest BCUT2D eigenvalue weighted by Crippen LogP contribution is 2.14. The molecular weight excluding hydrogens is 352 g/mol. The second-order valence-electron chi connectivity index (χ2n) is 5.12.